The summed E-state index contributed by atoms with van der Waals surface area (Å²) in [7, 11) is 0. The number of rotatable bonds is 2. The molecule has 78 valence electrons. The zero-order valence-corrected chi connectivity index (χ0v) is 9.19. The van der Waals surface area contributed by atoms with Crippen LogP contribution in [0.1, 0.15) is 43.6 Å². The second-order valence-electron chi connectivity index (χ2n) is 4.98. The van der Waals surface area contributed by atoms with E-state index in [2.05, 4.69) is 24.9 Å². The van der Waals surface area contributed by atoms with Gasteiger partial charge in [0.1, 0.15) is 0 Å². The minimum absolute atomic E-state index is 0.0946. The maximum Gasteiger partial charge on any atom is 0.0222 e. The van der Waals surface area contributed by atoms with Crippen LogP contribution in [0.15, 0.2) is 6.07 Å². The average Bonchev–Trinajstić information content (AvgIpc) is 2.61. The van der Waals surface area contributed by atoms with E-state index in [0.29, 0.717) is 6.54 Å². The van der Waals surface area contributed by atoms with Crippen LogP contribution in [-0.2, 0) is 18.3 Å². The van der Waals surface area contributed by atoms with E-state index in [-0.39, 0.29) is 5.41 Å². The number of hydrogen-bond donors (Lipinski definition) is 2. The minimum atomic E-state index is 0.0946. The zero-order valence-electron chi connectivity index (χ0n) is 9.19. The van der Waals surface area contributed by atoms with Crippen molar-refractivity contribution in [2.45, 2.75) is 44.9 Å². The molecule has 14 heavy (non-hydrogen) atoms. The van der Waals surface area contributed by atoms with E-state index >= 15 is 0 Å². The fourth-order valence-corrected chi connectivity index (χ4v) is 2.08. The Morgan fingerprint density at radius 3 is 2.71 bits per heavy atom. The van der Waals surface area contributed by atoms with E-state index in [1.165, 1.54) is 42.6 Å². The van der Waals surface area contributed by atoms with Gasteiger partial charge < -0.3 is 10.7 Å². The maximum absolute atomic E-state index is 5.78. The quantitative estimate of drug-likeness (QED) is 0.740. The van der Waals surface area contributed by atoms with Crippen molar-refractivity contribution in [3.8, 4) is 0 Å². The number of H-pyrrole nitrogens is 1. The fourth-order valence-electron chi connectivity index (χ4n) is 2.08. The molecule has 0 unspecified atom stereocenters. The van der Waals surface area contributed by atoms with Crippen molar-refractivity contribution >= 4 is 0 Å². The third kappa shape index (κ3) is 1.59. The van der Waals surface area contributed by atoms with Gasteiger partial charge in [-0.1, -0.05) is 13.8 Å². The molecule has 0 aliphatic heterocycles. The molecular weight excluding hydrogens is 172 g/mol. The minimum Gasteiger partial charge on any atom is -0.362 e. The van der Waals surface area contributed by atoms with Gasteiger partial charge in [0.15, 0.2) is 0 Å². The number of aryl methyl sites for hydroxylation is 2. The molecule has 0 fully saturated rings. The summed E-state index contributed by atoms with van der Waals surface area (Å²) < 4.78 is 0. The Labute approximate surface area is 85.9 Å². The zero-order chi connectivity index (χ0) is 10.2. The summed E-state index contributed by atoms with van der Waals surface area (Å²) in [5.41, 5.74) is 10.2. The molecular formula is C12H20N2. The van der Waals surface area contributed by atoms with Crippen molar-refractivity contribution in [1.29, 1.82) is 0 Å². The largest absolute Gasteiger partial charge is 0.362 e. The molecule has 0 radical (unpaired) electrons. The third-order valence-corrected chi connectivity index (χ3v) is 3.35. The van der Waals surface area contributed by atoms with E-state index in [4.69, 9.17) is 5.73 Å². The molecule has 0 bridgehead atoms. The van der Waals surface area contributed by atoms with Crippen LogP contribution in [0.4, 0.5) is 0 Å². The fraction of sp³-hybridized carbons (Fsp3) is 0.667. The topological polar surface area (TPSA) is 41.8 Å². The Kier molecular flexibility index (Phi) is 2.40. The number of hydrogen-bond acceptors (Lipinski definition) is 1. The predicted molar refractivity (Wildman–Crippen MR) is 59.5 cm³/mol. The lowest BCUT2D eigenvalue weighted by atomic mass is 9.89. The van der Waals surface area contributed by atoms with Crippen LogP contribution < -0.4 is 5.73 Å². The molecule has 1 heterocycles. The van der Waals surface area contributed by atoms with Crippen molar-refractivity contribution in [2.75, 3.05) is 6.54 Å². The summed E-state index contributed by atoms with van der Waals surface area (Å²) in [6, 6.07) is 2.32. The van der Waals surface area contributed by atoms with Crippen molar-refractivity contribution in [1.82, 2.24) is 4.98 Å². The van der Waals surface area contributed by atoms with Gasteiger partial charge in [-0.2, -0.15) is 0 Å². The highest BCUT2D eigenvalue weighted by atomic mass is 14.8. The highest BCUT2D eigenvalue weighted by Gasteiger charge is 2.23. The number of aromatic amines is 1. The average molecular weight is 192 g/mol. The van der Waals surface area contributed by atoms with Gasteiger partial charge in [-0.15, -0.1) is 0 Å². The van der Waals surface area contributed by atoms with Gasteiger partial charge in [0.25, 0.3) is 0 Å². The Morgan fingerprint density at radius 2 is 2.07 bits per heavy atom. The first kappa shape index (κ1) is 9.78. The molecule has 2 nitrogen and oxygen atoms in total. The lowest BCUT2D eigenvalue weighted by molar-refractivity contribution is 0.523. The molecule has 0 atom stereocenters. The molecule has 0 amide bonds. The second-order valence-corrected chi connectivity index (χ2v) is 4.98. The number of nitrogens with two attached hydrogens (primary N) is 1. The van der Waals surface area contributed by atoms with E-state index in [1.807, 2.05) is 0 Å². The highest BCUT2D eigenvalue weighted by Crippen LogP contribution is 2.27. The molecule has 0 aromatic carbocycles. The monoisotopic (exact) mass is 192 g/mol. The van der Waals surface area contributed by atoms with Crippen molar-refractivity contribution in [3.63, 3.8) is 0 Å². The van der Waals surface area contributed by atoms with Crippen molar-refractivity contribution in [2.24, 2.45) is 5.73 Å². The van der Waals surface area contributed by atoms with Crippen LogP contribution in [-0.4, -0.2) is 11.5 Å². The van der Waals surface area contributed by atoms with Crippen LogP contribution in [0.2, 0.25) is 0 Å². The molecule has 2 rings (SSSR count). The van der Waals surface area contributed by atoms with Crippen LogP contribution in [0.25, 0.3) is 0 Å². The highest BCUT2D eigenvalue weighted by molar-refractivity contribution is 5.31. The van der Waals surface area contributed by atoms with Crippen LogP contribution in [0, 0.1) is 0 Å². The van der Waals surface area contributed by atoms with Gasteiger partial charge in [0.2, 0.25) is 0 Å². The molecule has 1 aromatic heterocycles. The first-order valence-corrected chi connectivity index (χ1v) is 5.55. The summed E-state index contributed by atoms with van der Waals surface area (Å²) in [6.45, 7) is 5.10. The normalized spacial score (nSPS) is 16.8. The van der Waals surface area contributed by atoms with Crippen molar-refractivity contribution in [3.05, 3.63) is 23.0 Å². The second kappa shape index (κ2) is 3.43. The van der Waals surface area contributed by atoms with Crippen LogP contribution in [0.5, 0.6) is 0 Å². The molecule has 2 heteroatoms. The van der Waals surface area contributed by atoms with Gasteiger partial charge >= 0.3 is 0 Å². The van der Waals surface area contributed by atoms with E-state index < -0.39 is 0 Å². The molecule has 1 aliphatic rings. The van der Waals surface area contributed by atoms with Gasteiger partial charge in [-0.25, -0.2) is 0 Å². The third-order valence-electron chi connectivity index (χ3n) is 3.35. The smallest absolute Gasteiger partial charge is 0.0222 e. The summed E-state index contributed by atoms with van der Waals surface area (Å²) in [6.07, 6.45) is 5.13. The van der Waals surface area contributed by atoms with Crippen LogP contribution in [0.3, 0.4) is 0 Å². The van der Waals surface area contributed by atoms with Gasteiger partial charge in [0, 0.05) is 23.3 Å². The predicted octanol–water partition coefficient (Wildman–Crippen LogP) is 2.13. The summed E-state index contributed by atoms with van der Waals surface area (Å²) in [5, 5.41) is 0. The first-order valence-electron chi connectivity index (χ1n) is 5.55. The Balaban J connectivity index is 2.32. The summed E-state index contributed by atoms with van der Waals surface area (Å²) in [5.74, 6) is 0. The number of fused-ring (bicyclic) bond motifs is 1. The molecule has 1 aliphatic carbocycles. The van der Waals surface area contributed by atoms with Gasteiger partial charge in [-0.05, 0) is 37.3 Å². The van der Waals surface area contributed by atoms with Crippen LogP contribution >= 0.6 is 0 Å². The Hall–Kier alpha value is -0.760. The standard InChI is InChI=1S/C12H20N2/c1-12(2,8-13)11-7-9-5-3-4-6-10(9)14-11/h7,14H,3-6,8,13H2,1-2H3. The molecule has 1 aromatic rings. The molecule has 3 N–H and O–H groups in total. The molecule has 0 saturated carbocycles. The molecule has 0 saturated heterocycles. The van der Waals surface area contributed by atoms with Crippen molar-refractivity contribution < 1.29 is 0 Å². The SMILES string of the molecule is CC(C)(CN)c1cc2c([nH]1)CCCC2. The van der Waals surface area contributed by atoms with Gasteiger partial charge in [0.05, 0.1) is 0 Å². The maximum atomic E-state index is 5.78. The van der Waals surface area contributed by atoms with Gasteiger partial charge in [-0.3, -0.25) is 0 Å². The Morgan fingerprint density at radius 1 is 1.36 bits per heavy atom. The summed E-state index contributed by atoms with van der Waals surface area (Å²) >= 11 is 0. The first-order chi connectivity index (χ1) is 6.63. The lowest BCUT2D eigenvalue weighted by Gasteiger charge is -2.20. The molecule has 0 spiro atoms. The lowest BCUT2D eigenvalue weighted by Crippen LogP contribution is -2.28. The Bertz CT molecular complexity index is 300. The van der Waals surface area contributed by atoms with E-state index in [1.54, 1.807) is 0 Å². The number of aromatic nitrogens is 1. The van der Waals surface area contributed by atoms with E-state index in [0.717, 1.165) is 0 Å². The number of nitrogens with one attached hydrogen (secondary N) is 1. The summed E-state index contributed by atoms with van der Waals surface area (Å²) in [4.78, 5) is 3.54. The van der Waals surface area contributed by atoms with E-state index in [9.17, 15) is 0 Å².